The molecule has 1 amide bonds. The first-order valence-electron chi connectivity index (χ1n) is 9.61. The highest BCUT2D eigenvalue weighted by Gasteiger charge is 2.28. The second-order valence-electron chi connectivity index (χ2n) is 6.77. The SMILES string of the molecule is COc1ccc(N2CCN(C3=NC(=O)/C(=C/C=C/c4ccccc4)S3)CC2)cc1. The molecule has 0 atom stereocenters. The van der Waals surface area contributed by atoms with Crippen molar-refractivity contribution in [3.05, 3.63) is 77.2 Å². The van der Waals surface area contributed by atoms with Gasteiger partial charge in [0, 0.05) is 31.9 Å². The lowest BCUT2D eigenvalue weighted by Crippen LogP contribution is -2.47. The number of nitrogens with zero attached hydrogens (tertiary/aromatic N) is 3. The Bertz CT molecular complexity index is 944. The molecule has 2 aromatic carbocycles. The predicted molar refractivity (Wildman–Crippen MR) is 120 cm³/mol. The van der Waals surface area contributed by atoms with Gasteiger partial charge in [-0.15, -0.1) is 0 Å². The highest BCUT2D eigenvalue weighted by Crippen LogP contribution is 2.29. The van der Waals surface area contributed by atoms with Gasteiger partial charge in [0.25, 0.3) is 5.91 Å². The van der Waals surface area contributed by atoms with Crippen LogP contribution in [0.25, 0.3) is 6.08 Å². The molecule has 0 saturated carbocycles. The van der Waals surface area contributed by atoms with Crippen molar-refractivity contribution in [3.8, 4) is 5.75 Å². The van der Waals surface area contributed by atoms with Gasteiger partial charge in [-0.1, -0.05) is 42.5 Å². The Hall–Kier alpha value is -2.99. The highest BCUT2D eigenvalue weighted by molar-refractivity contribution is 8.18. The largest absolute Gasteiger partial charge is 0.497 e. The van der Waals surface area contributed by atoms with Gasteiger partial charge in [0.1, 0.15) is 5.75 Å². The molecule has 0 radical (unpaired) electrons. The molecule has 29 heavy (non-hydrogen) atoms. The molecule has 2 aliphatic rings. The quantitative estimate of drug-likeness (QED) is 0.719. The van der Waals surface area contributed by atoms with Crippen molar-refractivity contribution in [1.29, 1.82) is 0 Å². The van der Waals surface area contributed by atoms with Gasteiger partial charge in [-0.2, -0.15) is 4.99 Å². The summed E-state index contributed by atoms with van der Waals surface area (Å²) in [4.78, 5) is 21.7. The number of amides is 1. The van der Waals surface area contributed by atoms with E-state index in [9.17, 15) is 4.79 Å². The van der Waals surface area contributed by atoms with Crippen LogP contribution in [0.2, 0.25) is 0 Å². The highest BCUT2D eigenvalue weighted by atomic mass is 32.2. The molecular formula is C23H23N3O2S. The third kappa shape index (κ3) is 4.71. The average molecular weight is 406 g/mol. The number of benzene rings is 2. The minimum atomic E-state index is -0.153. The van der Waals surface area contributed by atoms with E-state index >= 15 is 0 Å². The molecule has 4 rings (SSSR count). The van der Waals surface area contributed by atoms with Gasteiger partial charge in [-0.05, 0) is 47.7 Å². The topological polar surface area (TPSA) is 45.1 Å². The number of hydrogen-bond acceptors (Lipinski definition) is 5. The number of aliphatic imine (C=N–C) groups is 1. The molecule has 6 heteroatoms. The van der Waals surface area contributed by atoms with Crippen LogP contribution in [0.15, 0.2) is 76.6 Å². The molecule has 148 valence electrons. The molecule has 1 fully saturated rings. The molecule has 0 bridgehead atoms. The Kier molecular flexibility index (Phi) is 6.00. The molecule has 0 spiro atoms. The Morgan fingerprint density at radius 1 is 0.966 bits per heavy atom. The minimum absolute atomic E-state index is 0.153. The lowest BCUT2D eigenvalue weighted by molar-refractivity contribution is -0.113. The number of carbonyl (C=O) groups is 1. The van der Waals surface area contributed by atoms with E-state index in [2.05, 4.69) is 26.9 Å². The summed E-state index contributed by atoms with van der Waals surface area (Å²) in [6.45, 7) is 3.48. The van der Waals surface area contributed by atoms with Crippen molar-refractivity contribution < 1.29 is 9.53 Å². The number of ether oxygens (including phenoxy) is 1. The molecule has 0 aromatic heterocycles. The zero-order chi connectivity index (χ0) is 20.1. The van der Waals surface area contributed by atoms with Crippen LogP contribution < -0.4 is 9.64 Å². The van der Waals surface area contributed by atoms with E-state index < -0.39 is 0 Å². The van der Waals surface area contributed by atoms with Crippen LogP contribution in [0.3, 0.4) is 0 Å². The fraction of sp³-hybridized carbons (Fsp3) is 0.217. The predicted octanol–water partition coefficient (Wildman–Crippen LogP) is 4.04. The van der Waals surface area contributed by atoms with Crippen LogP contribution in [0.4, 0.5) is 5.69 Å². The van der Waals surface area contributed by atoms with Crippen molar-refractivity contribution in [3.63, 3.8) is 0 Å². The maximum atomic E-state index is 12.3. The Morgan fingerprint density at radius 2 is 1.66 bits per heavy atom. The van der Waals surface area contributed by atoms with Gasteiger partial charge in [-0.25, -0.2) is 0 Å². The summed E-state index contributed by atoms with van der Waals surface area (Å²) in [6, 6.07) is 18.2. The third-order valence-electron chi connectivity index (χ3n) is 4.93. The molecule has 0 N–H and O–H groups in total. The van der Waals surface area contributed by atoms with E-state index in [0.29, 0.717) is 4.91 Å². The lowest BCUT2D eigenvalue weighted by atomic mass is 10.2. The normalized spacial score (nSPS) is 18.6. The van der Waals surface area contributed by atoms with Gasteiger partial charge < -0.3 is 14.5 Å². The Labute approximate surface area is 175 Å². The molecule has 2 aliphatic heterocycles. The number of allylic oxidation sites excluding steroid dienone is 2. The van der Waals surface area contributed by atoms with E-state index in [-0.39, 0.29) is 5.91 Å². The number of carbonyl (C=O) groups excluding carboxylic acids is 1. The van der Waals surface area contributed by atoms with Gasteiger partial charge in [0.15, 0.2) is 5.17 Å². The maximum Gasteiger partial charge on any atom is 0.286 e. The fourth-order valence-electron chi connectivity index (χ4n) is 3.31. The summed E-state index contributed by atoms with van der Waals surface area (Å²) in [5.41, 5.74) is 2.30. The van der Waals surface area contributed by atoms with Crippen molar-refractivity contribution in [2.75, 3.05) is 38.2 Å². The van der Waals surface area contributed by atoms with Crippen molar-refractivity contribution in [1.82, 2.24) is 4.90 Å². The zero-order valence-electron chi connectivity index (χ0n) is 16.3. The van der Waals surface area contributed by atoms with Crippen LogP contribution in [-0.4, -0.2) is 49.3 Å². The molecule has 2 aromatic rings. The molecule has 0 aliphatic carbocycles. The first kappa shape index (κ1) is 19.3. The van der Waals surface area contributed by atoms with Crippen molar-refractivity contribution in [2.24, 2.45) is 4.99 Å². The molecular weight excluding hydrogens is 382 g/mol. The molecule has 5 nitrogen and oxygen atoms in total. The van der Waals surface area contributed by atoms with Gasteiger partial charge in [0.05, 0.1) is 12.0 Å². The monoisotopic (exact) mass is 405 g/mol. The first-order chi connectivity index (χ1) is 14.2. The number of methoxy groups -OCH3 is 1. The Balaban J connectivity index is 1.33. The van der Waals surface area contributed by atoms with E-state index in [4.69, 9.17) is 4.74 Å². The summed E-state index contributed by atoms with van der Waals surface area (Å²) >= 11 is 1.46. The summed E-state index contributed by atoms with van der Waals surface area (Å²) < 4.78 is 5.23. The summed E-state index contributed by atoms with van der Waals surface area (Å²) in [5.74, 6) is 0.712. The van der Waals surface area contributed by atoms with Crippen molar-refractivity contribution in [2.45, 2.75) is 0 Å². The van der Waals surface area contributed by atoms with Crippen LogP contribution in [0.1, 0.15) is 5.56 Å². The Morgan fingerprint density at radius 3 is 2.34 bits per heavy atom. The number of rotatable bonds is 4. The number of thioether (sulfide) groups is 1. The summed E-state index contributed by atoms with van der Waals surface area (Å²) in [5, 5.41) is 0.809. The second kappa shape index (κ2) is 9.01. The standard InChI is InChI=1S/C23H23N3O2S/c1-28-20-12-10-19(11-13-20)25-14-16-26(17-15-25)23-24-22(27)21(29-23)9-5-8-18-6-3-2-4-7-18/h2-13H,14-17H2,1H3/b8-5+,21-9-. The van der Waals surface area contributed by atoms with Gasteiger partial charge in [-0.3, -0.25) is 4.79 Å². The number of piperazine rings is 1. The van der Waals surface area contributed by atoms with E-state index in [0.717, 1.165) is 42.7 Å². The van der Waals surface area contributed by atoms with Crippen LogP contribution >= 0.6 is 11.8 Å². The number of hydrogen-bond donors (Lipinski definition) is 0. The molecule has 1 saturated heterocycles. The summed E-state index contributed by atoms with van der Waals surface area (Å²) in [7, 11) is 1.68. The first-order valence-corrected chi connectivity index (χ1v) is 10.4. The van der Waals surface area contributed by atoms with Crippen LogP contribution in [0.5, 0.6) is 5.75 Å². The zero-order valence-corrected chi connectivity index (χ0v) is 17.1. The van der Waals surface area contributed by atoms with Crippen molar-refractivity contribution >= 4 is 34.6 Å². The van der Waals surface area contributed by atoms with E-state index in [1.54, 1.807) is 7.11 Å². The second-order valence-corrected chi connectivity index (χ2v) is 7.78. The van der Waals surface area contributed by atoms with Gasteiger partial charge in [0.2, 0.25) is 0 Å². The average Bonchev–Trinajstić information content (AvgIpc) is 3.15. The number of anilines is 1. The lowest BCUT2D eigenvalue weighted by Gasteiger charge is -2.36. The van der Waals surface area contributed by atoms with E-state index in [1.807, 2.05) is 60.7 Å². The van der Waals surface area contributed by atoms with Gasteiger partial charge >= 0.3 is 0 Å². The fourth-order valence-corrected chi connectivity index (χ4v) is 4.22. The third-order valence-corrected chi connectivity index (χ3v) is 6.00. The summed E-state index contributed by atoms with van der Waals surface area (Å²) in [6.07, 6.45) is 5.76. The minimum Gasteiger partial charge on any atom is -0.497 e. The smallest absolute Gasteiger partial charge is 0.286 e. The number of amidine groups is 1. The van der Waals surface area contributed by atoms with Crippen LogP contribution in [0, 0.1) is 0 Å². The molecule has 0 unspecified atom stereocenters. The van der Waals surface area contributed by atoms with E-state index in [1.165, 1.54) is 17.4 Å². The van der Waals surface area contributed by atoms with Crippen LogP contribution in [-0.2, 0) is 4.79 Å². The molecule has 2 heterocycles. The maximum absolute atomic E-state index is 12.3.